The molecule has 0 saturated carbocycles. The van der Waals surface area contributed by atoms with Gasteiger partial charge in [0.15, 0.2) is 0 Å². The monoisotopic (exact) mass is 172 g/mol. The van der Waals surface area contributed by atoms with Crippen molar-refractivity contribution in [1.82, 2.24) is 0 Å². The van der Waals surface area contributed by atoms with Crippen molar-refractivity contribution >= 4 is 11.9 Å². The number of rotatable bonds is 2. The summed E-state index contributed by atoms with van der Waals surface area (Å²) in [7, 11) is 0. The van der Waals surface area contributed by atoms with Crippen molar-refractivity contribution in [2.75, 3.05) is 0 Å². The van der Waals surface area contributed by atoms with Crippen LogP contribution >= 0.6 is 0 Å². The summed E-state index contributed by atoms with van der Waals surface area (Å²) in [5.41, 5.74) is 0. The topological polar surface area (TPSA) is 43.4 Å². The molecule has 70 valence electrons. The highest BCUT2D eigenvalue weighted by Crippen LogP contribution is 2.18. The first-order valence-corrected chi connectivity index (χ1v) is 3.09. The molecule has 0 amide bonds. The molecule has 0 aromatic heterocycles. The molecule has 1 saturated heterocycles. The number of ether oxygens (including phenoxy) is 1. The van der Waals surface area contributed by atoms with E-state index in [0.29, 0.717) is 6.42 Å². The Hall–Kier alpha value is -1.12. The van der Waals surface area contributed by atoms with Crippen molar-refractivity contribution in [3.63, 3.8) is 0 Å². The molecule has 0 bridgehead atoms. The smallest absolute Gasteiger partial charge is 0.317 e. The number of hydrogen-bond donors (Lipinski definition) is 0. The molecule has 3 nitrogen and oxygen atoms in total. The molecular weight excluding hydrogens is 156 g/mol. The van der Waals surface area contributed by atoms with E-state index >= 15 is 0 Å². The Morgan fingerprint density at radius 1 is 1.50 bits per heavy atom. The highest BCUT2D eigenvalue weighted by atomic mass is 16.6. The fourth-order valence-electron chi connectivity index (χ4n) is 0.902. The Morgan fingerprint density at radius 3 is 2.42 bits per heavy atom. The Labute approximate surface area is 73.4 Å². The maximum atomic E-state index is 10.7. The van der Waals surface area contributed by atoms with Crippen LogP contribution in [0, 0.1) is 5.92 Å². The van der Waals surface area contributed by atoms with Gasteiger partial charge in [0.2, 0.25) is 0 Å². The van der Waals surface area contributed by atoms with Crippen molar-refractivity contribution in [2.24, 2.45) is 5.92 Å². The largest absolute Gasteiger partial charge is 0.393 e. The summed E-state index contributed by atoms with van der Waals surface area (Å²) in [6.07, 6.45) is 2.36. The molecule has 1 atom stereocenters. The van der Waals surface area contributed by atoms with Gasteiger partial charge in [-0.3, -0.25) is 9.59 Å². The average Bonchev–Trinajstić information content (AvgIpc) is 2.13. The third-order valence-electron chi connectivity index (χ3n) is 1.41. The minimum absolute atomic E-state index is 0. The van der Waals surface area contributed by atoms with E-state index in [1.165, 1.54) is 0 Å². The van der Waals surface area contributed by atoms with Gasteiger partial charge in [-0.1, -0.05) is 20.9 Å². The third-order valence-corrected chi connectivity index (χ3v) is 1.41. The molecule has 1 rings (SSSR count). The van der Waals surface area contributed by atoms with E-state index < -0.39 is 11.9 Å². The molecule has 1 unspecified atom stereocenters. The molecule has 0 spiro atoms. The first-order chi connectivity index (χ1) is 4.74. The van der Waals surface area contributed by atoms with Crippen molar-refractivity contribution in [1.29, 1.82) is 0 Å². The van der Waals surface area contributed by atoms with Gasteiger partial charge in [-0.25, -0.2) is 0 Å². The van der Waals surface area contributed by atoms with Crippen LogP contribution in [-0.2, 0) is 14.3 Å². The summed E-state index contributed by atoms with van der Waals surface area (Å²) in [6, 6.07) is 0. The molecular formula is C9H16O3. The van der Waals surface area contributed by atoms with E-state index in [-0.39, 0.29) is 27.2 Å². The maximum absolute atomic E-state index is 10.7. The van der Waals surface area contributed by atoms with Crippen LogP contribution in [0.5, 0.6) is 0 Å². The van der Waals surface area contributed by atoms with E-state index in [1.807, 2.05) is 0 Å². The number of allylic oxidation sites excluding steroid dienone is 1. The predicted octanol–water partition coefficient (Wildman–Crippen LogP) is 1.92. The standard InChI is InChI=1S/C7H8O3.2CH4/c1-2-3-5-4-6(8)10-7(5)9;;/h2,5H,1,3-4H2;2*1H4. The van der Waals surface area contributed by atoms with Gasteiger partial charge >= 0.3 is 11.9 Å². The van der Waals surface area contributed by atoms with Crippen LogP contribution in [0.25, 0.3) is 0 Å². The van der Waals surface area contributed by atoms with Gasteiger partial charge in [0.25, 0.3) is 0 Å². The normalized spacial score (nSPS) is 20.5. The summed E-state index contributed by atoms with van der Waals surface area (Å²) >= 11 is 0. The lowest BCUT2D eigenvalue weighted by Gasteiger charge is -1.95. The minimum atomic E-state index is -0.420. The van der Waals surface area contributed by atoms with E-state index in [2.05, 4.69) is 11.3 Å². The zero-order chi connectivity index (χ0) is 7.56. The second-order valence-electron chi connectivity index (χ2n) is 2.22. The van der Waals surface area contributed by atoms with Gasteiger partial charge in [0.05, 0.1) is 12.3 Å². The summed E-state index contributed by atoms with van der Waals surface area (Å²) in [6.45, 7) is 3.46. The summed E-state index contributed by atoms with van der Waals surface area (Å²) in [5.74, 6) is -1.10. The lowest BCUT2D eigenvalue weighted by atomic mass is 10.0. The molecule has 0 aliphatic carbocycles. The zero-order valence-corrected chi connectivity index (χ0v) is 5.50. The molecule has 1 aliphatic heterocycles. The zero-order valence-electron chi connectivity index (χ0n) is 5.50. The van der Waals surface area contributed by atoms with Crippen molar-refractivity contribution < 1.29 is 14.3 Å². The molecule has 1 heterocycles. The second kappa shape index (κ2) is 5.52. The van der Waals surface area contributed by atoms with Gasteiger partial charge in [0.1, 0.15) is 0 Å². The van der Waals surface area contributed by atoms with Gasteiger partial charge < -0.3 is 4.74 Å². The molecule has 0 aromatic rings. The Bertz CT molecular complexity index is 184. The van der Waals surface area contributed by atoms with E-state index in [1.54, 1.807) is 6.08 Å². The first kappa shape index (κ1) is 13.5. The molecule has 1 fully saturated rings. The summed E-state index contributed by atoms with van der Waals surface area (Å²) in [5, 5.41) is 0. The molecule has 12 heavy (non-hydrogen) atoms. The lowest BCUT2D eigenvalue weighted by Crippen LogP contribution is -2.05. The maximum Gasteiger partial charge on any atom is 0.317 e. The molecule has 0 radical (unpaired) electrons. The van der Waals surface area contributed by atoms with Gasteiger partial charge in [-0.15, -0.1) is 6.58 Å². The lowest BCUT2D eigenvalue weighted by molar-refractivity contribution is -0.153. The average molecular weight is 172 g/mol. The van der Waals surface area contributed by atoms with Crippen LogP contribution in [0.2, 0.25) is 0 Å². The SMILES string of the molecule is C.C.C=CCC1CC(=O)OC1=O. The number of cyclic esters (lactones) is 2. The quantitative estimate of drug-likeness (QED) is 0.363. The predicted molar refractivity (Wildman–Crippen MR) is 47.5 cm³/mol. The van der Waals surface area contributed by atoms with Crippen LogP contribution in [0.1, 0.15) is 27.7 Å². The van der Waals surface area contributed by atoms with Gasteiger partial charge in [-0.2, -0.15) is 0 Å². The Balaban J connectivity index is 0. The highest BCUT2D eigenvalue weighted by Gasteiger charge is 2.31. The Morgan fingerprint density at radius 2 is 2.08 bits per heavy atom. The van der Waals surface area contributed by atoms with Crippen LogP contribution in [0.15, 0.2) is 12.7 Å². The van der Waals surface area contributed by atoms with E-state index in [9.17, 15) is 9.59 Å². The first-order valence-electron chi connectivity index (χ1n) is 3.09. The van der Waals surface area contributed by atoms with E-state index in [4.69, 9.17) is 0 Å². The van der Waals surface area contributed by atoms with Crippen molar-refractivity contribution in [3.05, 3.63) is 12.7 Å². The van der Waals surface area contributed by atoms with Crippen molar-refractivity contribution in [3.8, 4) is 0 Å². The number of carbonyl (C=O) groups excluding carboxylic acids is 2. The second-order valence-corrected chi connectivity index (χ2v) is 2.22. The highest BCUT2D eigenvalue weighted by molar-refractivity contribution is 5.94. The third kappa shape index (κ3) is 2.86. The number of hydrogen-bond acceptors (Lipinski definition) is 3. The Kier molecular flexibility index (Phi) is 6.20. The van der Waals surface area contributed by atoms with Gasteiger partial charge in [0, 0.05) is 0 Å². The van der Waals surface area contributed by atoms with Crippen LogP contribution in [0.3, 0.4) is 0 Å². The molecule has 0 N–H and O–H groups in total. The van der Waals surface area contributed by atoms with Crippen molar-refractivity contribution in [2.45, 2.75) is 27.7 Å². The van der Waals surface area contributed by atoms with Crippen LogP contribution in [-0.4, -0.2) is 11.9 Å². The van der Waals surface area contributed by atoms with Crippen LogP contribution in [0.4, 0.5) is 0 Å². The molecule has 1 aliphatic rings. The minimum Gasteiger partial charge on any atom is -0.393 e. The number of carbonyl (C=O) groups is 2. The molecule has 3 heteroatoms. The summed E-state index contributed by atoms with van der Waals surface area (Å²) in [4.78, 5) is 21.1. The van der Waals surface area contributed by atoms with E-state index in [0.717, 1.165) is 0 Å². The fourth-order valence-corrected chi connectivity index (χ4v) is 0.902. The fraction of sp³-hybridized carbons (Fsp3) is 0.556. The molecule has 0 aromatic carbocycles. The van der Waals surface area contributed by atoms with Crippen LogP contribution < -0.4 is 0 Å². The summed E-state index contributed by atoms with van der Waals surface area (Å²) < 4.78 is 4.30. The number of esters is 2. The van der Waals surface area contributed by atoms with Gasteiger partial charge in [-0.05, 0) is 6.42 Å².